The summed E-state index contributed by atoms with van der Waals surface area (Å²) in [6.45, 7) is 4.38. The van der Waals surface area contributed by atoms with Crippen LogP contribution in [0.1, 0.15) is 0 Å². The maximum atomic E-state index is 11.3. The normalized spacial score (nSPS) is 17.4. The second kappa shape index (κ2) is 4.91. The van der Waals surface area contributed by atoms with Crippen LogP contribution in [-0.4, -0.2) is 37.1 Å². The number of nitrogens with zero attached hydrogens (tertiary/aromatic N) is 1. The van der Waals surface area contributed by atoms with E-state index < -0.39 is 0 Å². The number of carbonyl (C=O) groups excluding carboxylic acids is 1. The summed E-state index contributed by atoms with van der Waals surface area (Å²) in [5.41, 5.74) is 0. The van der Waals surface area contributed by atoms with Crippen LogP contribution < -0.4 is 9.47 Å². The van der Waals surface area contributed by atoms with Crippen molar-refractivity contribution in [2.75, 3.05) is 20.2 Å². The maximum absolute atomic E-state index is 11.3. The Morgan fingerprint density at radius 1 is 1.53 bits per heavy atom. The molecule has 0 unspecified atom stereocenters. The molecule has 2 rings (SSSR count). The Morgan fingerprint density at radius 3 is 2.94 bits per heavy atom. The fourth-order valence-electron chi connectivity index (χ4n) is 1.70. The summed E-state index contributed by atoms with van der Waals surface area (Å²) in [6.07, 6.45) is 1.15. The van der Waals surface area contributed by atoms with E-state index in [-0.39, 0.29) is 12.0 Å². The van der Waals surface area contributed by atoms with Gasteiger partial charge in [0, 0.05) is 7.05 Å². The summed E-state index contributed by atoms with van der Waals surface area (Å²) in [7, 11) is 1.72. The minimum absolute atomic E-state index is 0.118. The second-order valence-corrected chi connectivity index (χ2v) is 3.92. The number of hydrogen-bond acceptors (Lipinski definition) is 3. The average molecular weight is 233 g/mol. The highest BCUT2D eigenvalue weighted by Crippen LogP contribution is 2.30. The van der Waals surface area contributed by atoms with Gasteiger partial charge in [-0.2, -0.15) is 0 Å². The third-order valence-electron chi connectivity index (χ3n) is 2.60. The molecule has 4 nitrogen and oxygen atoms in total. The third kappa shape index (κ3) is 2.58. The van der Waals surface area contributed by atoms with Crippen molar-refractivity contribution in [1.82, 2.24) is 4.90 Å². The monoisotopic (exact) mass is 233 g/mol. The van der Waals surface area contributed by atoms with Crippen LogP contribution in [-0.2, 0) is 4.79 Å². The molecule has 0 aromatic heterocycles. The van der Waals surface area contributed by atoms with Crippen molar-refractivity contribution < 1.29 is 14.3 Å². The predicted octanol–water partition coefficient (Wildman–Crippen LogP) is 1.47. The first-order chi connectivity index (χ1) is 8.20. The molecule has 4 heteroatoms. The smallest absolute Gasteiger partial charge is 0.245 e. The number of benzene rings is 1. The van der Waals surface area contributed by atoms with Crippen LogP contribution in [0.3, 0.4) is 0 Å². The zero-order valence-electron chi connectivity index (χ0n) is 9.76. The van der Waals surface area contributed by atoms with Crippen molar-refractivity contribution in [3.8, 4) is 11.5 Å². The van der Waals surface area contributed by atoms with Gasteiger partial charge in [-0.1, -0.05) is 18.7 Å². The van der Waals surface area contributed by atoms with Gasteiger partial charge in [-0.25, -0.2) is 0 Å². The van der Waals surface area contributed by atoms with Gasteiger partial charge < -0.3 is 14.4 Å². The second-order valence-electron chi connectivity index (χ2n) is 3.92. The van der Waals surface area contributed by atoms with Gasteiger partial charge >= 0.3 is 0 Å². The zero-order valence-corrected chi connectivity index (χ0v) is 9.76. The molecule has 1 aliphatic heterocycles. The standard InChI is InChI=1S/C13H15NO3/c1-3-13(15)14(2)8-10-9-16-11-6-4-5-7-12(11)17-10/h3-7,10H,1,8-9H2,2H3/t10-/m0/s1. The minimum atomic E-state index is -0.140. The van der Waals surface area contributed by atoms with E-state index in [2.05, 4.69) is 6.58 Å². The summed E-state index contributed by atoms with van der Waals surface area (Å²) in [5, 5.41) is 0. The predicted molar refractivity (Wildman–Crippen MR) is 64.2 cm³/mol. The van der Waals surface area contributed by atoms with Gasteiger partial charge in [-0.05, 0) is 18.2 Å². The number of fused-ring (bicyclic) bond motifs is 1. The van der Waals surface area contributed by atoms with Crippen LogP contribution in [0.15, 0.2) is 36.9 Å². The molecule has 0 saturated heterocycles. The van der Waals surface area contributed by atoms with Crippen molar-refractivity contribution in [2.24, 2.45) is 0 Å². The quantitative estimate of drug-likeness (QED) is 0.742. The van der Waals surface area contributed by atoms with E-state index in [1.54, 1.807) is 11.9 Å². The molecule has 0 fully saturated rings. The molecule has 0 radical (unpaired) electrons. The van der Waals surface area contributed by atoms with Gasteiger partial charge in [-0.3, -0.25) is 4.79 Å². The van der Waals surface area contributed by atoms with E-state index >= 15 is 0 Å². The lowest BCUT2D eigenvalue weighted by Gasteiger charge is -2.29. The van der Waals surface area contributed by atoms with E-state index in [9.17, 15) is 4.79 Å². The molecule has 1 amide bonds. The molecule has 0 N–H and O–H groups in total. The zero-order chi connectivity index (χ0) is 12.3. The molecule has 1 aromatic rings. The Bertz CT molecular complexity index is 430. The Morgan fingerprint density at radius 2 is 2.24 bits per heavy atom. The molecule has 1 atom stereocenters. The number of carbonyl (C=O) groups is 1. The molecule has 1 aromatic carbocycles. The van der Waals surface area contributed by atoms with Crippen LogP contribution in [0.2, 0.25) is 0 Å². The highest BCUT2D eigenvalue weighted by Gasteiger charge is 2.22. The maximum Gasteiger partial charge on any atom is 0.245 e. The van der Waals surface area contributed by atoms with Gasteiger partial charge in [0.25, 0.3) is 0 Å². The van der Waals surface area contributed by atoms with Crippen LogP contribution in [0.4, 0.5) is 0 Å². The van der Waals surface area contributed by atoms with Gasteiger partial charge in [-0.15, -0.1) is 0 Å². The van der Waals surface area contributed by atoms with Gasteiger partial charge in [0.05, 0.1) is 6.54 Å². The first-order valence-corrected chi connectivity index (χ1v) is 5.46. The Kier molecular flexibility index (Phi) is 3.32. The lowest BCUT2D eigenvalue weighted by molar-refractivity contribution is -0.126. The first kappa shape index (κ1) is 11.5. The molecule has 0 saturated carbocycles. The molecule has 17 heavy (non-hydrogen) atoms. The summed E-state index contributed by atoms with van der Waals surface area (Å²) >= 11 is 0. The fraction of sp³-hybridized carbons (Fsp3) is 0.308. The van der Waals surface area contributed by atoms with Crippen LogP contribution in [0.5, 0.6) is 11.5 Å². The topological polar surface area (TPSA) is 38.8 Å². The number of likely N-dealkylation sites (N-methyl/N-ethyl adjacent to an activating group) is 1. The molecular formula is C13H15NO3. The molecule has 0 spiro atoms. The van der Waals surface area contributed by atoms with E-state index in [1.165, 1.54) is 6.08 Å². The SMILES string of the molecule is C=CC(=O)N(C)C[C@H]1COc2ccccc2O1. The first-order valence-electron chi connectivity index (χ1n) is 5.46. The number of amides is 1. The third-order valence-corrected chi connectivity index (χ3v) is 2.60. The molecule has 1 aliphatic rings. The number of ether oxygens (including phenoxy) is 2. The molecule has 1 heterocycles. The van der Waals surface area contributed by atoms with Crippen LogP contribution in [0.25, 0.3) is 0 Å². The Labute approximate surface area is 100 Å². The molecule has 90 valence electrons. The number of hydrogen-bond donors (Lipinski definition) is 0. The lowest BCUT2D eigenvalue weighted by atomic mass is 10.2. The largest absolute Gasteiger partial charge is 0.486 e. The Hall–Kier alpha value is -1.97. The summed E-state index contributed by atoms with van der Waals surface area (Å²) in [6, 6.07) is 7.51. The Balaban J connectivity index is 1.98. The molecule has 0 bridgehead atoms. The lowest BCUT2D eigenvalue weighted by Crippen LogP contribution is -2.41. The van der Waals surface area contributed by atoms with E-state index in [4.69, 9.17) is 9.47 Å². The summed E-state index contributed by atoms with van der Waals surface area (Å²) in [4.78, 5) is 12.9. The van der Waals surface area contributed by atoms with Gasteiger partial charge in [0.1, 0.15) is 6.61 Å². The van der Waals surface area contributed by atoms with Crippen molar-refractivity contribution in [1.29, 1.82) is 0 Å². The summed E-state index contributed by atoms with van der Waals surface area (Å²) in [5.74, 6) is 1.36. The number of rotatable bonds is 3. The molecule has 0 aliphatic carbocycles. The van der Waals surface area contributed by atoms with E-state index in [0.29, 0.717) is 13.2 Å². The fourth-order valence-corrected chi connectivity index (χ4v) is 1.70. The minimum Gasteiger partial charge on any atom is -0.486 e. The number of para-hydroxylation sites is 2. The van der Waals surface area contributed by atoms with Crippen molar-refractivity contribution in [3.63, 3.8) is 0 Å². The average Bonchev–Trinajstić information content (AvgIpc) is 2.37. The van der Waals surface area contributed by atoms with Crippen molar-refractivity contribution >= 4 is 5.91 Å². The van der Waals surface area contributed by atoms with E-state index in [0.717, 1.165) is 11.5 Å². The highest BCUT2D eigenvalue weighted by atomic mass is 16.6. The van der Waals surface area contributed by atoms with Crippen molar-refractivity contribution in [2.45, 2.75) is 6.10 Å². The summed E-state index contributed by atoms with van der Waals surface area (Å²) < 4.78 is 11.3. The van der Waals surface area contributed by atoms with Crippen molar-refractivity contribution in [3.05, 3.63) is 36.9 Å². The van der Waals surface area contributed by atoms with Gasteiger partial charge in [0.2, 0.25) is 5.91 Å². The van der Waals surface area contributed by atoms with Crippen LogP contribution >= 0.6 is 0 Å². The molecular weight excluding hydrogens is 218 g/mol. The highest BCUT2D eigenvalue weighted by molar-refractivity contribution is 5.86. The van der Waals surface area contributed by atoms with Crippen LogP contribution in [0, 0.1) is 0 Å². The van der Waals surface area contributed by atoms with E-state index in [1.807, 2.05) is 24.3 Å². The van der Waals surface area contributed by atoms with Gasteiger partial charge in [0.15, 0.2) is 17.6 Å².